The van der Waals surface area contributed by atoms with Crippen molar-refractivity contribution in [2.75, 3.05) is 10.6 Å². The summed E-state index contributed by atoms with van der Waals surface area (Å²) in [6, 6.07) is 12.9. The van der Waals surface area contributed by atoms with Crippen molar-refractivity contribution in [3.05, 3.63) is 60.7 Å². The summed E-state index contributed by atoms with van der Waals surface area (Å²) < 4.78 is 13.4. The summed E-state index contributed by atoms with van der Waals surface area (Å²) in [4.78, 5) is 20.4. The van der Waals surface area contributed by atoms with Crippen LogP contribution in [-0.4, -0.2) is 21.9 Å². The number of rotatable bonds is 4. The second-order valence-electron chi connectivity index (χ2n) is 5.11. The van der Waals surface area contributed by atoms with Gasteiger partial charge >= 0.3 is 0 Å². The van der Waals surface area contributed by atoms with E-state index in [1.54, 1.807) is 25.1 Å². The fourth-order valence-corrected chi connectivity index (χ4v) is 2.19. The van der Waals surface area contributed by atoms with Crippen LogP contribution in [0.4, 0.5) is 15.9 Å². The normalized spacial score (nSPS) is 11.9. The smallest absolute Gasteiger partial charge is 0.246 e. The Morgan fingerprint density at radius 2 is 1.91 bits per heavy atom. The maximum Gasteiger partial charge on any atom is 0.246 e. The molecular weight excluding hydrogens is 295 g/mol. The average molecular weight is 310 g/mol. The molecule has 0 radical (unpaired) electrons. The van der Waals surface area contributed by atoms with Gasteiger partial charge in [-0.15, -0.1) is 0 Å². The zero-order valence-corrected chi connectivity index (χ0v) is 12.5. The Bertz CT molecular complexity index is 838. The molecule has 116 valence electrons. The van der Waals surface area contributed by atoms with E-state index in [0.29, 0.717) is 22.4 Å². The van der Waals surface area contributed by atoms with Gasteiger partial charge in [-0.1, -0.05) is 18.2 Å². The molecule has 1 atom stereocenters. The molecule has 2 N–H and O–H groups in total. The van der Waals surface area contributed by atoms with E-state index in [-0.39, 0.29) is 11.7 Å². The van der Waals surface area contributed by atoms with Crippen LogP contribution in [0.1, 0.15) is 6.92 Å². The predicted octanol–water partition coefficient (Wildman–Crippen LogP) is 3.21. The van der Waals surface area contributed by atoms with Gasteiger partial charge in [0.15, 0.2) is 0 Å². The van der Waals surface area contributed by atoms with Gasteiger partial charge in [-0.3, -0.25) is 4.79 Å². The minimum Gasteiger partial charge on any atom is -0.358 e. The number of aromatic nitrogens is 2. The highest BCUT2D eigenvalue weighted by molar-refractivity contribution is 5.98. The van der Waals surface area contributed by atoms with E-state index in [4.69, 9.17) is 0 Å². The number of anilines is 2. The minimum atomic E-state index is -0.545. The molecule has 0 bridgehead atoms. The average Bonchev–Trinajstić information content (AvgIpc) is 2.56. The molecule has 1 aromatic heterocycles. The number of halogens is 1. The van der Waals surface area contributed by atoms with Crippen molar-refractivity contribution >= 4 is 28.3 Å². The number of hydrogen-bond acceptors (Lipinski definition) is 4. The van der Waals surface area contributed by atoms with E-state index < -0.39 is 6.04 Å². The summed E-state index contributed by atoms with van der Waals surface area (Å²) in [6.07, 6.45) is 1.38. The number of benzene rings is 2. The lowest BCUT2D eigenvalue weighted by atomic mass is 10.2. The number of carbonyl (C=O) groups is 1. The molecule has 0 aliphatic heterocycles. The molecule has 3 aromatic rings. The number of hydrogen-bond donors (Lipinski definition) is 2. The molecule has 0 fully saturated rings. The Kier molecular flexibility index (Phi) is 4.14. The van der Waals surface area contributed by atoms with Crippen molar-refractivity contribution in [1.29, 1.82) is 0 Å². The van der Waals surface area contributed by atoms with E-state index in [0.717, 1.165) is 0 Å². The summed E-state index contributed by atoms with van der Waals surface area (Å²) in [5.74, 6) is -0.165. The van der Waals surface area contributed by atoms with Gasteiger partial charge in [-0.25, -0.2) is 14.4 Å². The van der Waals surface area contributed by atoms with E-state index in [1.807, 2.05) is 18.2 Å². The highest BCUT2D eigenvalue weighted by Gasteiger charge is 2.15. The van der Waals surface area contributed by atoms with Crippen molar-refractivity contribution in [3.8, 4) is 0 Å². The summed E-state index contributed by atoms with van der Waals surface area (Å²) in [6.45, 7) is 1.71. The van der Waals surface area contributed by atoms with Crippen LogP contribution < -0.4 is 10.6 Å². The predicted molar refractivity (Wildman–Crippen MR) is 87.7 cm³/mol. The van der Waals surface area contributed by atoms with E-state index in [1.165, 1.54) is 18.5 Å². The first-order chi connectivity index (χ1) is 11.1. The lowest BCUT2D eigenvalue weighted by Crippen LogP contribution is -2.32. The largest absolute Gasteiger partial charge is 0.358 e. The minimum absolute atomic E-state index is 0.209. The van der Waals surface area contributed by atoms with Gasteiger partial charge in [0.1, 0.15) is 24.0 Å². The van der Waals surface area contributed by atoms with Crippen LogP contribution in [0.5, 0.6) is 0 Å². The van der Waals surface area contributed by atoms with Crippen molar-refractivity contribution in [2.45, 2.75) is 13.0 Å². The fourth-order valence-electron chi connectivity index (χ4n) is 2.19. The number of para-hydroxylation sites is 1. The molecule has 23 heavy (non-hydrogen) atoms. The molecule has 2 aromatic carbocycles. The maximum absolute atomic E-state index is 13.4. The second kappa shape index (κ2) is 6.39. The quantitative estimate of drug-likeness (QED) is 0.776. The van der Waals surface area contributed by atoms with Crippen LogP contribution in [0.25, 0.3) is 10.9 Å². The first-order valence-electron chi connectivity index (χ1n) is 7.16. The molecule has 3 rings (SSSR count). The molecule has 6 heteroatoms. The third kappa shape index (κ3) is 3.42. The SMILES string of the molecule is CC(Nc1ncnc2ccc(F)cc12)C(=O)Nc1ccccc1. The number of carbonyl (C=O) groups excluding carboxylic acids is 1. The molecular formula is C17H15FN4O. The zero-order valence-electron chi connectivity index (χ0n) is 12.5. The maximum atomic E-state index is 13.4. The number of nitrogens with one attached hydrogen (secondary N) is 2. The van der Waals surface area contributed by atoms with Crippen LogP contribution in [0.3, 0.4) is 0 Å². The van der Waals surface area contributed by atoms with E-state index in [2.05, 4.69) is 20.6 Å². The van der Waals surface area contributed by atoms with Gasteiger partial charge in [-0.2, -0.15) is 0 Å². The standard InChI is InChI=1S/C17H15FN4O/c1-11(17(23)22-13-5-3-2-4-6-13)21-16-14-9-12(18)7-8-15(14)19-10-20-16/h2-11H,1H3,(H,22,23)(H,19,20,21). The molecule has 1 amide bonds. The van der Waals surface area contributed by atoms with Gasteiger partial charge in [0, 0.05) is 11.1 Å². The zero-order chi connectivity index (χ0) is 16.2. The summed E-state index contributed by atoms with van der Waals surface area (Å²) in [7, 11) is 0. The Labute approximate surface area is 132 Å². The van der Waals surface area contributed by atoms with Crippen LogP contribution in [0.2, 0.25) is 0 Å². The summed E-state index contributed by atoms with van der Waals surface area (Å²) in [5.41, 5.74) is 1.32. The van der Waals surface area contributed by atoms with Crippen LogP contribution in [0.15, 0.2) is 54.9 Å². The Hall–Kier alpha value is -3.02. The van der Waals surface area contributed by atoms with Gasteiger partial charge in [0.25, 0.3) is 0 Å². The molecule has 0 aliphatic carbocycles. The van der Waals surface area contributed by atoms with Crippen molar-refractivity contribution in [2.24, 2.45) is 0 Å². The molecule has 0 spiro atoms. The Morgan fingerprint density at radius 3 is 2.70 bits per heavy atom. The number of nitrogens with zero attached hydrogens (tertiary/aromatic N) is 2. The van der Waals surface area contributed by atoms with Crippen LogP contribution in [0, 0.1) is 5.82 Å². The van der Waals surface area contributed by atoms with Gasteiger partial charge in [0.2, 0.25) is 5.91 Å². The first kappa shape index (κ1) is 14.9. The van der Waals surface area contributed by atoms with Gasteiger partial charge in [-0.05, 0) is 37.3 Å². The van der Waals surface area contributed by atoms with Crippen LogP contribution in [-0.2, 0) is 4.79 Å². The van der Waals surface area contributed by atoms with E-state index >= 15 is 0 Å². The van der Waals surface area contributed by atoms with Crippen molar-refractivity contribution in [1.82, 2.24) is 9.97 Å². The lowest BCUT2D eigenvalue weighted by Gasteiger charge is -2.15. The lowest BCUT2D eigenvalue weighted by molar-refractivity contribution is -0.116. The van der Waals surface area contributed by atoms with Crippen molar-refractivity contribution < 1.29 is 9.18 Å². The van der Waals surface area contributed by atoms with Crippen LogP contribution >= 0.6 is 0 Å². The van der Waals surface area contributed by atoms with Gasteiger partial charge in [0.05, 0.1) is 5.52 Å². The molecule has 0 saturated heterocycles. The monoisotopic (exact) mass is 310 g/mol. The highest BCUT2D eigenvalue weighted by atomic mass is 19.1. The third-order valence-electron chi connectivity index (χ3n) is 3.39. The second-order valence-corrected chi connectivity index (χ2v) is 5.11. The molecule has 0 aliphatic rings. The van der Waals surface area contributed by atoms with Gasteiger partial charge < -0.3 is 10.6 Å². The summed E-state index contributed by atoms with van der Waals surface area (Å²) in [5, 5.41) is 6.34. The highest BCUT2D eigenvalue weighted by Crippen LogP contribution is 2.21. The Balaban J connectivity index is 1.78. The van der Waals surface area contributed by atoms with Crippen molar-refractivity contribution in [3.63, 3.8) is 0 Å². The first-order valence-corrected chi connectivity index (χ1v) is 7.16. The van der Waals surface area contributed by atoms with E-state index in [9.17, 15) is 9.18 Å². The molecule has 1 unspecified atom stereocenters. The molecule has 5 nitrogen and oxygen atoms in total. The topological polar surface area (TPSA) is 66.9 Å². The molecule has 0 saturated carbocycles. The summed E-state index contributed by atoms with van der Waals surface area (Å²) >= 11 is 0. The third-order valence-corrected chi connectivity index (χ3v) is 3.39. The fraction of sp³-hybridized carbons (Fsp3) is 0.118. The molecule has 1 heterocycles. The number of fused-ring (bicyclic) bond motifs is 1. The Morgan fingerprint density at radius 1 is 1.13 bits per heavy atom. The number of amides is 1.